The summed E-state index contributed by atoms with van der Waals surface area (Å²) in [5.74, 6) is -0.647. The quantitative estimate of drug-likeness (QED) is 0.869. The normalized spacial score (nSPS) is 10.3. The van der Waals surface area contributed by atoms with E-state index in [-0.39, 0.29) is 11.7 Å². The molecule has 0 aliphatic heterocycles. The Kier molecular flexibility index (Phi) is 4.00. The van der Waals surface area contributed by atoms with Gasteiger partial charge in [0.25, 0.3) is 5.91 Å². The third kappa shape index (κ3) is 3.41. The van der Waals surface area contributed by atoms with Crippen LogP contribution < -0.4 is 5.32 Å². The molecule has 0 saturated carbocycles. The Labute approximate surface area is 119 Å². The summed E-state index contributed by atoms with van der Waals surface area (Å²) in [5.41, 5.74) is 3.29. The van der Waals surface area contributed by atoms with Crippen molar-refractivity contribution in [1.29, 1.82) is 0 Å². The summed E-state index contributed by atoms with van der Waals surface area (Å²) in [7, 11) is 0. The Balaban J connectivity index is 2.25. The van der Waals surface area contributed by atoms with Gasteiger partial charge in [0.1, 0.15) is 5.82 Å². The summed E-state index contributed by atoms with van der Waals surface area (Å²) >= 11 is 3.19. The van der Waals surface area contributed by atoms with Crippen LogP contribution in [0.2, 0.25) is 0 Å². The molecule has 2 aromatic rings. The Morgan fingerprint density at radius 1 is 1.11 bits per heavy atom. The summed E-state index contributed by atoms with van der Waals surface area (Å²) in [6.07, 6.45) is 0. The van der Waals surface area contributed by atoms with E-state index in [4.69, 9.17) is 0 Å². The van der Waals surface area contributed by atoms with E-state index in [2.05, 4.69) is 21.2 Å². The number of rotatable bonds is 2. The van der Waals surface area contributed by atoms with Gasteiger partial charge in [-0.3, -0.25) is 4.79 Å². The maximum atomic E-state index is 13.0. The van der Waals surface area contributed by atoms with Crippen LogP contribution in [0.1, 0.15) is 21.5 Å². The molecular formula is C15H13BrFNO. The highest BCUT2D eigenvalue weighted by atomic mass is 79.9. The molecule has 2 rings (SSSR count). The van der Waals surface area contributed by atoms with Gasteiger partial charge in [-0.05, 0) is 71.2 Å². The summed E-state index contributed by atoms with van der Waals surface area (Å²) in [6, 6.07) is 9.81. The van der Waals surface area contributed by atoms with Gasteiger partial charge in [-0.25, -0.2) is 4.39 Å². The predicted octanol–water partition coefficient (Wildman–Crippen LogP) is 4.46. The number of carbonyl (C=O) groups is 1. The van der Waals surface area contributed by atoms with Crippen molar-refractivity contribution in [3.63, 3.8) is 0 Å². The minimum atomic E-state index is -0.380. The summed E-state index contributed by atoms with van der Waals surface area (Å²) < 4.78 is 13.4. The number of hydrogen-bond acceptors (Lipinski definition) is 1. The first kappa shape index (κ1) is 13.7. The fourth-order valence-electron chi connectivity index (χ4n) is 1.92. The average molecular weight is 322 g/mol. The van der Waals surface area contributed by atoms with E-state index in [9.17, 15) is 9.18 Å². The molecule has 1 N–H and O–H groups in total. The minimum absolute atomic E-state index is 0.267. The third-order valence-corrected chi connectivity index (χ3v) is 3.31. The lowest BCUT2D eigenvalue weighted by molar-refractivity contribution is 0.102. The Morgan fingerprint density at radius 2 is 1.74 bits per heavy atom. The predicted molar refractivity (Wildman–Crippen MR) is 78.0 cm³/mol. The zero-order valence-electron chi connectivity index (χ0n) is 10.6. The monoisotopic (exact) mass is 321 g/mol. The van der Waals surface area contributed by atoms with E-state index in [1.807, 2.05) is 32.0 Å². The van der Waals surface area contributed by atoms with Crippen LogP contribution in [0, 0.1) is 19.7 Å². The zero-order valence-corrected chi connectivity index (χ0v) is 12.2. The highest BCUT2D eigenvalue weighted by Gasteiger charge is 2.11. The SMILES string of the molecule is Cc1cc(C)cc(NC(=O)c2ccc(F)cc2Br)c1. The van der Waals surface area contributed by atoms with Crippen molar-refractivity contribution in [2.24, 2.45) is 0 Å². The molecule has 0 aliphatic rings. The van der Waals surface area contributed by atoms with E-state index in [0.717, 1.165) is 16.8 Å². The lowest BCUT2D eigenvalue weighted by atomic mass is 10.1. The van der Waals surface area contributed by atoms with Gasteiger partial charge in [-0.1, -0.05) is 6.07 Å². The number of carbonyl (C=O) groups excluding carboxylic acids is 1. The maximum absolute atomic E-state index is 13.0. The Bertz CT molecular complexity index is 620. The lowest BCUT2D eigenvalue weighted by Gasteiger charge is -2.09. The van der Waals surface area contributed by atoms with Gasteiger partial charge in [0.15, 0.2) is 0 Å². The van der Waals surface area contributed by atoms with Crippen LogP contribution in [0.5, 0.6) is 0 Å². The van der Waals surface area contributed by atoms with E-state index < -0.39 is 0 Å². The molecule has 0 fully saturated rings. The van der Waals surface area contributed by atoms with Gasteiger partial charge in [0, 0.05) is 10.2 Å². The summed E-state index contributed by atoms with van der Waals surface area (Å²) in [5, 5.41) is 2.81. The molecule has 19 heavy (non-hydrogen) atoms. The molecule has 2 aromatic carbocycles. The molecule has 98 valence electrons. The molecule has 2 nitrogen and oxygen atoms in total. The van der Waals surface area contributed by atoms with Gasteiger partial charge in [-0.2, -0.15) is 0 Å². The number of amides is 1. The van der Waals surface area contributed by atoms with E-state index >= 15 is 0 Å². The van der Waals surface area contributed by atoms with Crippen molar-refractivity contribution in [3.8, 4) is 0 Å². The minimum Gasteiger partial charge on any atom is -0.322 e. The highest BCUT2D eigenvalue weighted by molar-refractivity contribution is 9.10. The Morgan fingerprint density at radius 3 is 2.32 bits per heavy atom. The van der Waals surface area contributed by atoms with Crippen LogP contribution in [0.4, 0.5) is 10.1 Å². The lowest BCUT2D eigenvalue weighted by Crippen LogP contribution is -2.12. The molecule has 1 amide bonds. The molecule has 0 spiro atoms. The zero-order chi connectivity index (χ0) is 14.0. The summed E-state index contributed by atoms with van der Waals surface area (Å²) in [4.78, 5) is 12.1. The van der Waals surface area contributed by atoms with Gasteiger partial charge < -0.3 is 5.32 Å². The first-order valence-corrected chi connectivity index (χ1v) is 6.60. The molecule has 0 saturated heterocycles. The van der Waals surface area contributed by atoms with Crippen molar-refractivity contribution in [3.05, 3.63) is 63.4 Å². The number of anilines is 1. The van der Waals surface area contributed by atoms with Gasteiger partial charge in [0.05, 0.1) is 5.56 Å². The number of hydrogen-bond donors (Lipinski definition) is 1. The molecule has 0 heterocycles. The number of aryl methyl sites for hydroxylation is 2. The smallest absolute Gasteiger partial charge is 0.256 e. The number of halogens is 2. The molecule has 4 heteroatoms. The first-order chi connectivity index (χ1) is 8.95. The fraction of sp³-hybridized carbons (Fsp3) is 0.133. The van der Waals surface area contributed by atoms with E-state index in [1.165, 1.54) is 18.2 Å². The fourth-order valence-corrected chi connectivity index (χ4v) is 2.45. The van der Waals surface area contributed by atoms with Crippen molar-refractivity contribution >= 4 is 27.5 Å². The molecule has 0 atom stereocenters. The van der Waals surface area contributed by atoms with Crippen molar-refractivity contribution < 1.29 is 9.18 Å². The van der Waals surface area contributed by atoms with Crippen LogP contribution in [0.15, 0.2) is 40.9 Å². The van der Waals surface area contributed by atoms with Gasteiger partial charge >= 0.3 is 0 Å². The van der Waals surface area contributed by atoms with Crippen LogP contribution in [0.3, 0.4) is 0 Å². The van der Waals surface area contributed by atoms with Crippen LogP contribution in [-0.2, 0) is 0 Å². The molecule has 0 aromatic heterocycles. The largest absolute Gasteiger partial charge is 0.322 e. The molecule has 0 radical (unpaired) electrons. The van der Waals surface area contributed by atoms with Crippen LogP contribution in [-0.4, -0.2) is 5.91 Å². The van der Waals surface area contributed by atoms with Gasteiger partial charge in [-0.15, -0.1) is 0 Å². The number of benzene rings is 2. The second-order valence-corrected chi connectivity index (χ2v) is 5.31. The van der Waals surface area contributed by atoms with E-state index in [1.54, 1.807) is 0 Å². The molecular weight excluding hydrogens is 309 g/mol. The second kappa shape index (κ2) is 5.53. The third-order valence-electron chi connectivity index (χ3n) is 2.66. The number of nitrogens with one attached hydrogen (secondary N) is 1. The topological polar surface area (TPSA) is 29.1 Å². The average Bonchev–Trinajstić information content (AvgIpc) is 2.26. The Hall–Kier alpha value is -1.68. The molecule has 0 aliphatic carbocycles. The first-order valence-electron chi connectivity index (χ1n) is 5.80. The molecule has 0 unspecified atom stereocenters. The molecule has 0 bridgehead atoms. The second-order valence-electron chi connectivity index (χ2n) is 4.45. The maximum Gasteiger partial charge on any atom is 0.256 e. The van der Waals surface area contributed by atoms with Crippen LogP contribution >= 0.6 is 15.9 Å². The van der Waals surface area contributed by atoms with E-state index in [0.29, 0.717) is 10.0 Å². The van der Waals surface area contributed by atoms with Gasteiger partial charge in [0.2, 0.25) is 0 Å². The standard InChI is InChI=1S/C15H13BrFNO/c1-9-5-10(2)7-12(6-9)18-15(19)13-4-3-11(17)8-14(13)16/h3-8H,1-2H3,(H,18,19). The van der Waals surface area contributed by atoms with Crippen molar-refractivity contribution in [1.82, 2.24) is 0 Å². The van der Waals surface area contributed by atoms with Crippen molar-refractivity contribution in [2.45, 2.75) is 13.8 Å². The highest BCUT2D eigenvalue weighted by Crippen LogP contribution is 2.20. The summed E-state index contributed by atoms with van der Waals surface area (Å²) in [6.45, 7) is 3.94. The van der Waals surface area contributed by atoms with Crippen LogP contribution in [0.25, 0.3) is 0 Å². The van der Waals surface area contributed by atoms with Crippen molar-refractivity contribution in [2.75, 3.05) is 5.32 Å².